The highest BCUT2D eigenvalue weighted by atomic mass is 16.7. The van der Waals surface area contributed by atoms with Gasteiger partial charge in [0, 0.05) is 25.0 Å². The minimum Gasteiger partial charge on any atom is -0.497 e. The van der Waals surface area contributed by atoms with Crippen molar-refractivity contribution in [3.05, 3.63) is 34.4 Å². The van der Waals surface area contributed by atoms with Crippen LogP contribution in [0.15, 0.2) is 24.3 Å². The smallest absolute Gasteiger partial charge is 0.269 e. The van der Waals surface area contributed by atoms with Crippen molar-refractivity contribution in [2.24, 2.45) is 0 Å². The summed E-state index contributed by atoms with van der Waals surface area (Å²) in [7, 11) is 2.82. The molecule has 8 heteroatoms. The maximum Gasteiger partial charge on any atom is 0.269 e. The summed E-state index contributed by atoms with van der Waals surface area (Å²) in [6.45, 7) is 4.00. The highest BCUT2D eigenvalue weighted by molar-refractivity contribution is 6.00. The van der Waals surface area contributed by atoms with Crippen LogP contribution in [0.25, 0.3) is 0 Å². The number of non-ortho nitro benzene ring substituents is 1. The van der Waals surface area contributed by atoms with E-state index in [1.807, 2.05) is 13.8 Å². The first-order valence-electron chi connectivity index (χ1n) is 6.68. The van der Waals surface area contributed by atoms with Crippen molar-refractivity contribution >= 4 is 17.5 Å². The number of hydrogen-bond acceptors (Lipinski definition) is 6. The maximum atomic E-state index is 10.6. The Bertz CT molecular complexity index is 485. The molecule has 0 N–H and O–H groups in total. The molecule has 0 bridgehead atoms. The van der Waals surface area contributed by atoms with Crippen LogP contribution < -0.4 is 4.74 Å². The molecule has 0 atom stereocenters. The molecule has 0 aliphatic carbocycles. The second-order valence-electron chi connectivity index (χ2n) is 3.72. The first-order chi connectivity index (χ1) is 10.5. The Balaban J connectivity index is 0.000000366. The van der Waals surface area contributed by atoms with Crippen LogP contribution in [0, 0.1) is 10.1 Å². The quantitative estimate of drug-likeness (QED) is 0.482. The zero-order chi connectivity index (χ0) is 17.1. The summed E-state index contributed by atoms with van der Waals surface area (Å²) in [5, 5.41) is 11.0. The molecular formula is C14H20N2O6. The predicted octanol–water partition coefficient (Wildman–Crippen LogP) is 2.33. The number of hydrogen-bond donors (Lipinski definition) is 0. The van der Waals surface area contributed by atoms with Crippen molar-refractivity contribution in [1.82, 2.24) is 5.06 Å². The molecule has 22 heavy (non-hydrogen) atoms. The number of nitro benzene ring substituents is 1. The van der Waals surface area contributed by atoms with E-state index in [4.69, 9.17) is 4.74 Å². The number of methoxy groups -OCH3 is 1. The average molecular weight is 312 g/mol. The second kappa shape index (κ2) is 10.3. The van der Waals surface area contributed by atoms with Gasteiger partial charge in [0.25, 0.3) is 17.5 Å². The van der Waals surface area contributed by atoms with Gasteiger partial charge in [0.15, 0.2) is 0 Å². The molecule has 1 aliphatic rings. The highest BCUT2D eigenvalue weighted by Gasteiger charge is 2.28. The minimum absolute atomic E-state index is 0.0748. The Hall–Kier alpha value is -2.48. The van der Waals surface area contributed by atoms with Gasteiger partial charge in [0.2, 0.25) is 0 Å². The molecule has 1 saturated heterocycles. The number of rotatable bonds is 3. The summed E-state index contributed by atoms with van der Waals surface area (Å²) in [5.41, 5.74) is 0.0748. The topological polar surface area (TPSA) is 99.0 Å². The summed E-state index contributed by atoms with van der Waals surface area (Å²) >= 11 is 0. The molecule has 2 amide bonds. The Morgan fingerprint density at radius 3 is 1.77 bits per heavy atom. The van der Waals surface area contributed by atoms with Crippen molar-refractivity contribution in [1.29, 1.82) is 0 Å². The third kappa shape index (κ3) is 5.88. The van der Waals surface area contributed by atoms with Gasteiger partial charge in [-0.05, 0) is 12.1 Å². The van der Waals surface area contributed by atoms with Gasteiger partial charge in [-0.25, -0.2) is 0 Å². The Labute approximate surface area is 128 Å². The molecule has 8 nitrogen and oxygen atoms in total. The van der Waals surface area contributed by atoms with E-state index in [0.717, 1.165) is 5.06 Å². The molecular weight excluding hydrogens is 292 g/mol. The van der Waals surface area contributed by atoms with Gasteiger partial charge in [-0.1, -0.05) is 13.8 Å². The van der Waals surface area contributed by atoms with Gasteiger partial charge in [0.05, 0.1) is 19.1 Å². The number of ether oxygens (including phenoxy) is 1. The van der Waals surface area contributed by atoms with Crippen LogP contribution in [0.4, 0.5) is 5.69 Å². The van der Waals surface area contributed by atoms with E-state index < -0.39 is 4.92 Å². The molecule has 2 rings (SSSR count). The largest absolute Gasteiger partial charge is 0.497 e. The molecule has 1 aliphatic heterocycles. The number of imide groups is 1. The molecule has 0 spiro atoms. The highest BCUT2D eigenvalue weighted by Crippen LogP contribution is 2.16. The Kier molecular flexibility index (Phi) is 9.12. The summed E-state index contributed by atoms with van der Waals surface area (Å²) in [5.74, 6) is 0.126. The van der Waals surface area contributed by atoms with Gasteiger partial charge < -0.3 is 4.74 Å². The van der Waals surface area contributed by atoms with Crippen molar-refractivity contribution in [3.8, 4) is 5.75 Å². The van der Waals surface area contributed by atoms with Gasteiger partial charge in [0.1, 0.15) is 5.75 Å². The Morgan fingerprint density at radius 2 is 1.50 bits per heavy atom. The zero-order valence-electron chi connectivity index (χ0n) is 13.1. The molecule has 122 valence electrons. The van der Waals surface area contributed by atoms with E-state index in [-0.39, 0.29) is 30.3 Å². The number of nitro groups is 1. The number of carbonyl (C=O) groups is 2. The maximum absolute atomic E-state index is 10.6. The molecule has 1 aromatic rings. The molecule has 1 heterocycles. The molecule has 1 aromatic carbocycles. The first-order valence-corrected chi connectivity index (χ1v) is 6.68. The summed E-state index contributed by atoms with van der Waals surface area (Å²) in [6.07, 6.45) is 0.569. The molecule has 0 radical (unpaired) electrons. The van der Waals surface area contributed by atoms with E-state index in [9.17, 15) is 19.7 Å². The fourth-order valence-corrected chi connectivity index (χ4v) is 1.46. The standard InChI is InChI=1S/C7H7NO3.C5H7NO3.C2H6/c1-11-7-4-2-6(3-5-7)8(9)10;1-9-6-4(7)2-3-5(6)8;1-2/h2-5H,1H3;2-3H2,1H3;1-2H3. The van der Waals surface area contributed by atoms with Crippen LogP contribution in [-0.2, 0) is 14.4 Å². The number of nitrogens with zero attached hydrogens (tertiary/aromatic N) is 2. The SMILES string of the molecule is CC.CON1C(=O)CCC1=O.COc1ccc([N+](=O)[O-])cc1. The lowest BCUT2D eigenvalue weighted by molar-refractivity contribution is -0.384. The zero-order valence-corrected chi connectivity index (χ0v) is 13.1. The van der Waals surface area contributed by atoms with Crippen LogP contribution in [0.1, 0.15) is 26.7 Å². The fourth-order valence-electron chi connectivity index (χ4n) is 1.46. The third-order valence-corrected chi connectivity index (χ3v) is 2.47. The monoisotopic (exact) mass is 312 g/mol. The van der Waals surface area contributed by atoms with Gasteiger partial charge in [-0.3, -0.25) is 24.5 Å². The van der Waals surface area contributed by atoms with E-state index >= 15 is 0 Å². The summed E-state index contributed by atoms with van der Waals surface area (Å²) in [6, 6.07) is 5.91. The van der Waals surface area contributed by atoms with Gasteiger partial charge in [-0.2, -0.15) is 5.06 Å². The average Bonchev–Trinajstić information content (AvgIpc) is 2.88. The number of amides is 2. The first kappa shape index (κ1) is 19.5. The lowest BCUT2D eigenvalue weighted by Crippen LogP contribution is -2.27. The van der Waals surface area contributed by atoms with Crippen molar-refractivity contribution in [3.63, 3.8) is 0 Å². The second-order valence-corrected chi connectivity index (χ2v) is 3.72. The van der Waals surface area contributed by atoms with Crippen LogP contribution in [0.2, 0.25) is 0 Å². The number of hydroxylamine groups is 2. The Morgan fingerprint density at radius 1 is 1.05 bits per heavy atom. The lowest BCUT2D eigenvalue weighted by atomic mass is 10.3. The number of carbonyl (C=O) groups excluding carboxylic acids is 2. The lowest BCUT2D eigenvalue weighted by Gasteiger charge is -2.07. The van der Waals surface area contributed by atoms with Crippen molar-refractivity contribution in [2.45, 2.75) is 26.7 Å². The van der Waals surface area contributed by atoms with Gasteiger partial charge in [-0.15, -0.1) is 0 Å². The van der Waals surface area contributed by atoms with E-state index in [2.05, 4.69) is 4.84 Å². The summed E-state index contributed by atoms with van der Waals surface area (Å²) < 4.78 is 4.83. The summed E-state index contributed by atoms with van der Waals surface area (Å²) in [4.78, 5) is 35.4. The fraction of sp³-hybridized carbons (Fsp3) is 0.429. The van der Waals surface area contributed by atoms with Crippen LogP contribution in [0.3, 0.4) is 0 Å². The number of benzene rings is 1. The van der Waals surface area contributed by atoms with E-state index in [1.54, 1.807) is 12.1 Å². The van der Waals surface area contributed by atoms with Crippen LogP contribution >= 0.6 is 0 Å². The minimum atomic E-state index is -0.445. The third-order valence-electron chi connectivity index (χ3n) is 2.47. The van der Waals surface area contributed by atoms with Crippen LogP contribution in [0.5, 0.6) is 5.75 Å². The van der Waals surface area contributed by atoms with Crippen LogP contribution in [-0.4, -0.2) is 36.0 Å². The van der Waals surface area contributed by atoms with E-state index in [0.29, 0.717) is 5.75 Å². The molecule has 0 saturated carbocycles. The van der Waals surface area contributed by atoms with Crippen molar-refractivity contribution in [2.75, 3.05) is 14.2 Å². The molecule has 0 unspecified atom stereocenters. The predicted molar refractivity (Wildman–Crippen MR) is 79.1 cm³/mol. The molecule has 1 fully saturated rings. The normalized spacial score (nSPS) is 12.8. The molecule has 0 aromatic heterocycles. The van der Waals surface area contributed by atoms with E-state index in [1.165, 1.54) is 26.4 Å². The van der Waals surface area contributed by atoms with Crippen molar-refractivity contribution < 1.29 is 24.1 Å². The van der Waals surface area contributed by atoms with Gasteiger partial charge >= 0.3 is 0 Å².